The fourth-order valence-electron chi connectivity index (χ4n) is 1.43. The topological polar surface area (TPSA) is 83.6 Å². The summed E-state index contributed by atoms with van der Waals surface area (Å²) in [5.41, 5.74) is 5.94. The van der Waals surface area contributed by atoms with Crippen LogP contribution in [0.5, 0.6) is 0 Å². The van der Waals surface area contributed by atoms with Gasteiger partial charge in [0.25, 0.3) is 0 Å². The molecule has 0 bridgehead atoms. The summed E-state index contributed by atoms with van der Waals surface area (Å²) in [6.07, 6.45) is -0.877. The SMILES string of the molecule is Cc1cc(S(=O)(=O)N(C)C[C@@H](O)CN)ccc1Cl. The quantitative estimate of drug-likeness (QED) is 0.832. The number of halogens is 1. The Morgan fingerprint density at radius 1 is 1.50 bits per heavy atom. The van der Waals surface area contributed by atoms with Crippen molar-refractivity contribution in [2.75, 3.05) is 20.1 Å². The van der Waals surface area contributed by atoms with E-state index >= 15 is 0 Å². The van der Waals surface area contributed by atoms with Gasteiger partial charge >= 0.3 is 0 Å². The second kappa shape index (κ2) is 5.99. The van der Waals surface area contributed by atoms with Crippen molar-refractivity contribution in [2.45, 2.75) is 17.9 Å². The maximum atomic E-state index is 12.2. The number of hydrogen-bond donors (Lipinski definition) is 2. The number of sulfonamides is 1. The predicted molar refractivity (Wildman–Crippen MR) is 71.1 cm³/mol. The Balaban J connectivity index is 3.02. The van der Waals surface area contributed by atoms with Crippen LogP contribution in [0.25, 0.3) is 0 Å². The summed E-state index contributed by atoms with van der Waals surface area (Å²) in [4.78, 5) is 0.149. The van der Waals surface area contributed by atoms with Crippen LogP contribution in [0.1, 0.15) is 5.56 Å². The summed E-state index contributed by atoms with van der Waals surface area (Å²) in [5, 5.41) is 9.90. The van der Waals surface area contributed by atoms with Crippen LogP contribution >= 0.6 is 11.6 Å². The van der Waals surface area contributed by atoms with E-state index in [1.165, 1.54) is 25.2 Å². The molecular formula is C11H17ClN2O3S. The maximum absolute atomic E-state index is 12.2. The molecule has 0 heterocycles. The first-order valence-corrected chi connectivity index (χ1v) is 7.21. The van der Waals surface area contributed by atoms with Crippen molar-refractivity contribution < 1.29 is 13.5 Å². The lowest BCUT2D eigenvalue weighted by molar-refractivity contribution is 0.160. The van der Waals surface area contributed by atoms with Gasteiger partial charge in [-0.1, -0.05) is 11.6 Å². The molecule has 0 amide bonds. The number of aliphatic hydroxyl groups is 1. The molecule has 1 aromatic carbocycles. The van der Waals surface area contributed by atoms with Crippen LogP contribution in [-0.4, -0.2) is 44.1 Å². The number of nitrogens with two attached hydrogens (primary N) is 1. The molecule has 5 nitrogen and oxygen atoms in total. The first-order chi connectivity index (χ1) is 8.28. The van der Waals surface area contributed by atoms with Crippen LogP contribution in [0.15, 0.2) is 23.1 Å². The number of aliphatic hydroxyl groups excluding tert-OH is 1. The van der Waals surface area contributed by atoms with Crippen LogP contribution in [0.4, 0.5) is 0 Å². The van der Waals surface area contributed by atoms with E-state index in [1.54, 1.807) is 6.92 Å². The summed E-state index contributed by atoms with van der Waals surface area (Å²) in [7, 11) is -2.22. The lowest BCUT2D eigenvalue weighted by atomic mass is 10.2. The third-order valence-corrected chi connectivity index (χ3v) is 4.82. The van der Waals surface area contributed by atoms with E-state index in [9.17, 15) is 13.5 Å². The molecule has 7 heteroatoms. The highest BCUT2D eigenvalue weighted by Gasteiger charge is 2.22. The Hall–Kier alpha value is -0.660. The van der Waals surface area contributed by atoms with E-state index in [4.69, 9.17) is 17.3 Å². The summed E-state index contributed by atoms with van der Waals surface area (Å²) >= 11 is 5.85. The highest BCUT2D eigenvalue weighted by Crippen LogP contribution is 2.21. The first-order valence-electron chi connectivity index (χ1n) is 5.39. The van der Waals surface area contributed by atoms with Gasteiger partial charge in [0.2, 0.25) is 10.0 Å². The average Bonchev–Trinajstić information content (AvgIpc) is 2.32. The highest BCUT2D eigenvalue weighted by molar-refractivity contribution is 7.89. The Labute approximate surface area is 112 Å². The molecule has 0 aliphatic heterocycles. The second-order valence-corrected chi connectivity index (χ2v) is 6.54. The molecular weight excluding hydrogens is 276 g/mol. The van der Waals surface area contributed by atoms with E-state index < -0.39 is 16.1 Å². The van der Waals surface area contributed by atoms with Crippen molar-refractivity contribution in [1.82, 2.24) is 4.31 Å². The minimum atomic E-state index is -3.62. The largest absolute Gasteiger partial charge is 0.390 e. The van der Waals surface area contributed by atoms with E-state index in [0.29, 0.717) is 10.6 Å². The summed E-state index contributed by atoms with van der Waals surface area (Å²) in [6, 6.07) is 4.48. The van der Waals surface area contributed by atoms with Crippen molar-refractivity contribution >= 4 is 21.6 Å². The molecule has 0 aliphatic carbocycles. The van der Waals surface area contributed by atoms with Gasteiger partial charge in [0.05, 0.1) is 11.0 Å². The lowest BCUT2D eigenvalue weighted by Gasteiger charge is -2.20. The average molecular weight is 293 g/mol. The van der Waals surface area contributed by atoms with Gasteiger partial charge in [-0.3, -0.25) is 0 Å². The van der Waals surface area contributed by atoms with Crippen LogP contribution in [-0.2, 0) is 10.0 Å². The van der Waals surface area contributed by atoms with Crippen LogP contribution < -0.4 is 5.73 Å². The minimum absolute atomic E-state index is 0.0134. The fourth-order valence-corrected chi connectivity index (χ4v) is 2.84. The van der Waals surface area contributed by atoms with Gasteiger partial charge in [0.1, 0.15) is 0 Å². The lowest BCUT2D eigenvalue weighted by Crippen LogP contribution is -2.37. The first kappa shape index (κ1) is 15.4. The summed E-state index contributed by atoms with van der Waals surface area (Å²) < 4.78 is 25.4. The molecule has 0 aromatic heterocycles. The van der Waals surface area contributed by atoms with Gasteiger partial charge < -0.3 is 10.8 Å². The number of rotatable bonds is 5. The summed E-state index contributed by atoms with van der Waals surface area (Å²) in [5.74, 6) is 0. The zero-order valence-electron chi connectivity index (χ0n) is 10.3. The second-order valence-electron chi connectivity index (χ2n) is 4.09. The number of likely N-dealkylation sites (N-methyl/N-ethyl adjacent to an activating group) is 1. The zero-order chi connectivity index (χ0) is 13.9. The van der Waals surface area contributed by atoms with Crippen molar-refractivity contribution in [1.29, 1.82) is 0 Å². The van der Waals surface area contributed by atoms with Gasteiger partial charge in [-0.2, -0.15) is 4.31 Å². The molecule has 1 atom stereocenters. The molecule has 0 spiro atoms. The van der Waals surface area contributed by atoms with Crippen molar-refractivity contribution in [2.24, 2.45) is 5.73 Å². The predicted octanol–water partition coefficient (Wildman–Crippen LogP) is 0.589. The molecule has 18 heavy (non-hydrogen) atoms. The fraction of sp³-hybridized carbons (Fsp3) is 0.455. The van der Waals surface area contributed by atoms with Gasteiger partial charge in [-0.05, 0) is 30.7 Å². The monoisotopic (exact) mass is 292 g/mol. The molecule has 3 N–H and O–H groups in total. The van der Waals surface area contributed by atoms with Gasteiger partial charge in [0.15, 0.2) is 0 Å². The Kier molecular flexibility index (Phi) is 5.12. The standard InChI is InChI=1S/C11H17ClN2O3S/c1-8-5-10(3-4-11(8)12)18(16,17)14(2)7-9(15)6-13/h3-5,9,15H,6-7,13H2,1-2H3/t9-/m0/s1. The molecule has 0 fully saturated rings. The number of nitrogens with zero attached hydrogens (tertiary/aromatic N) is 1. The van der Waals surface area contributed by atoms with Crippen LogP contribution in [0.2, 0.25) is 5.02 Å². The van der Waals surface area contributed by atoms with Crippen LogP contribution in [0.3, 0.4) is 0 Å². The van der Waals surface area contributed by atoms with Gasteiger partial charge in [0, 0.05) is 25.2 Å². The van der Waals surface area contributed by atoms with Crippen LogP contribution in [0, 0.1) is 6.92 Å². The molecule has 1 rings (SSSR count). The van der Waals surface area contributed by atoms with Gasteiger partial charge in [-0.15, -0.1) is 0 Å². The smallest absolute Gasteiger partial charge is 0.242 e. The number of aryl methyl sites for hydroxylation is 1. The molecule has 0 saturated carbocycles. The molecule has 102 valence electrons. The van der Waals surface area contributed by atoms with E-state index in [0.717, 1.165) is 4.31 Å². The number of hydrogen-bond acceptors (Lipinski definition) is 4. The molecule has 1 aromatic rings. The number of benzene rings is 1. The molecule has 0 unspecified atom stereocenters. The Bertz CT molecular complexity index is 519. The Morgan fingerprint density at radius 3 is 2.61 bits per heavy atom. The van der Waals surface area contributed by atoms with E-state index in [2.05, 4.69) is 0 Å². The van der Waals surface area contributed by atoms with E-state index in [-0.39, 0.29) is 18.0 Å². The van der Waals surface area contributed by atoms with E-state index in [1.807, 2.05) is 0 Å². The maximum Gasteiger partial charge on any atom is 0.242 e. The summed E-state index contributed by atoms with van der Waals surface area (Å²) in [6.45, 7) is 1.70. The third-order valence-electron chi connectivity index (χ3n) is 2.58. The van der Waals surface area contributed by atoms with Crippen molar-refractivity contribution in [3.05, 3.63) is 28.8 Å². The zero-order valence-corrected chi connectivity index (χ0v) is 11.9. The van der Waals surface area contributed by atoms with Crippen molar-refractivity contribution in [3.63, 3.8) is 0 Å². The molecule has 0 saturated heterocycles. The minimum Gasteiger partial charge on any atom is -0.390 e. The van der Waals surface area contributed by atoms with Crippen molar-refractivity contribution in [3.8, 4) is 0 Å². The van der Waals surface area contributed by atoms with Gasteiger partial charge in [-0.25, -0.2) is 8.42 Å². The molecule has 0 radical (unpaired) electrons. The normalized spacial score (nSPS) is 13.9. The highest BCUT2D eigenvalue weighted by atomic mass is 35.5. The molecule has 0 aliphatic rings. The Morgan fingerprint density at radius 2 is 2.11 bits per heavy atom. The third kappa shape index (κ3) is 3.43.